The minimum absolute atomic E-state index is 0.740. The standard InChI is InChI=1S/C17H25N3O/c1-5-17-13(2)19-20(14(17)3)16-8-6-15(7-9-16)12-18-10-11-21-4/h6-9,18H,5,10-12H2,1-4H3. The lowest BCUT2D eigenvalue weighted by Gasteiger charge is -2.08. The molecule has 114 valence electrons. The van der Waals surface area contributed by atoms with Crippen molar-refractivity contribution in [1.82, 2.24) is 15.1 Å². The zero-order chi connectivity index (χ0) is 15.2. The fourth-order valence-electron chi connectivity index (χ4n) is 2.60. The first-order valence-corrected chi connectivity index (χ1v) is 7.51. The lowest BCUT2D eigenvalue weighted by molar-refractivity contribution is 0.199. The molecule has 0 unspecified atom stereocenters. The van der Waals surface area contributed by atoms with Gasteiger partial charge in [0, 0.05) is 25.9 Å². The van der Waals surface area contributed by atoms with Crippen LogP contribution in [0.3, 0.4) is 0 Å². The molecule has 1 aromatic heterocycles. The van der Waals surface area contributed by atoms with E-state index in [9.17, 15) is 0 Å². The molecular weight excluding hydrogens is 262 g/mol. The van der Waals surface area contributed by atoms with Crippen LogP contribution >= 0.6 is 0 Å². The molecule has 0 aliphatic carbocycles. The monoisotopic (exact) mass is 287 g/mol. The molecule has 0 amide bonds. The smallest absolute Gasteiger partial charge is 0.0649 e. The summed E-state index contributed by atoms with van der Waals surface area (Å²) in [5.41, 5.74) is 6.10. The topological polar surface area (TPSA) is 39.1 Å². The van der Waals surface area contributed by atoms with Gasteiger partial charge in [0.15, 0.2) is 0 Å². The molecule has 0 atom stereocenters. The van der Waals surface area contributed by atoms with E-state index in [1.807, 2.05) is 4.68 Å². The zero-order valence-electron chi connectivity index (χ0n) is 13.4. The summed E-state index contributed by atoms with van der Waals surface area (Å²) < 4.78 is 7.06. The molecule has 2 aromatic rings. The highest BCUT2D eigenvalue weighted by Crippen LogP contribution is 2.18. The molecule has 4 heteroatoms. The average Bonchev–Trinajstić information content (AvgIpc) is 2.79. The Labute approximate surface area is 127 Å². The maximum atomic E-state index is 5.02. The van der Waals surface area contributed by atoms with Crippen molar-refractivity contribution in [2.75, 3.05) is 20.3 Å². The molecule has 0 radical (unpaired) electrons. The highest BCUT2D eigenvalue weighted by Gasteiger charge is 2.10. The minimum atomic E-state index is 0.740. The Balaban J connectivity index is 2.08. The van der Waals surface area contributed by atoms with Gasteiger partial charge in [0.1, 0.15) is 0 Å². The number of benzene rings is 1. The van der Waals surface area contributed by atoms with Gasteiger partial charge in [-0.2, -0.15) is 5.10 Å². The van der Waals surface area contributed by atoms with E-state index < -0.39 is 0 Å². The number of nitrogens with one attached hydrogen (secondary N) is 1. The van der Waals surface area contributed by atoms with Crippen molar-refractivity contribution in [2.45, 2.75) is 33.7 Å². The van der Waals surface area contributed by atoms with Gasteiger partial charge >= 0.3 is 0 Å². The number of rotatable bonds is 7. The van der Waals surface area contributed by atoms with Crippen LogP contribution in [0.15, 0.2) is 24.3 Å². The third-order valence-corrected chi connectivity index (χ3v) is 3.79. The Kier molecular flexibility index (Phi) is 5.53. The first-order chi connectivity index (χ1) is 10.2. The third-order valence-electron chi connectivity index (χ3n) is 3.79. The molecule has 4 nitrogen and oxygen atoms in total. The SMILES string of the molecule is CCc1c(C)nn(-c2ccc(CNCCOC)cc2)c1C. The van der Waals surface area contributed by atoms with Gasteiger partial charge in [0.05, 0.1) is 18.0 Å². The van der Waals surface area contributed by atoms with E-state index in [0.717, 1.165) is 37.5 Å². The van der Waals surface area contributed by atoms with Crippen molar-refractivity contribution >= 4 is 0 Å². The van der Waals surface area contributed by atoms with Gasteiger partial charge < -0.3 is 10.1 Å². The molecule has 1 heterocycles. The predicted molar refractivity (Wildman–Crippen MR) is 86.0 cm³/mol. The zero-order valence-corrected chi connectivity index (χ0v) is 13.4. The maximum Gasteiger partial charge on any atom is 0.0649 e. The molecule has 0 bridgehead atoms. The highest BCUT2D eigenvalue weighted by molar-refractivity contribution is 5.38. The molecule has 0 spiro atoms. The van der Waals surface area contributed by atoms with Crippen molar-refractivity contribution in [2.24, 2.45) is 0 Å². The molecule has 0 saturated heterocycles. The Morgan fingerprint density at radius 3 is 2.48 bits per heavy atom. The lowest BCUT2D eigenvalue weighted by Crippen LogP contribution is -2.18. The van der Waals surface area contributed by atoms with Gasteiger partial charge in [0.2, 0.25) is 0 Å². The van der Waals surface area contributed by atoms with E-state index in [0.29, 0.717) is 0 Å². The number of aryl methyl sites for hydroxylation is 1. The average molecular weight is 287 g/mol. The molecule has 0 aliphatic rings. The fraction of sp³-hybridized carbons (Fsp3) is 0.471. The minimum Gasteiger partial charge on any atom is -0.383 e. The normalized spacial score (nSPS) is 11.0. The van der Waals surface area contributed by atoms with Gasteiger partial charge in [-0.05, 0) is 43.5 Å². The van der Waals surface area contributed by atoms with Crippen LogP contribution in [0.5, 0.6) is 0 Å². The summed E-state index contributed by atoms with van der Waals surface area (Å²) in [5.74, 6) is 0. The number of nitrogens with zero attached hydrogens (tertiary/aromatic N) is 2. The third kappa shape index (κ3) is 3.71. The van der Waals surface area contributed by atoms with E-state index in [1.54, 1.807) is 7.11 Å². The van der Waals surface area contributed by atoms with Crippen LogP contribution in [0.1, 0.15) is 29.4 Å². The van der Waals surface area contributed by atoms with Crippen LogP contribution in [-0.2, 0) is 17.7 Å². The van der Waals surface area contributed by atoms with Crippen LogP contribution in [0.25, 0.3) is 5.69 Å². The summed E-state index contributed by atoms with van der Waals surface area (Å²) in [4.78, 5) is 0. The molecule has 0 saturated carbocycles. The summed E-state index contributed by atoms with van der Waals surface area (Å²) in [6, 6.07) is 8.56. The van der Waals surface area contributed by atoms with E-state index in [1.165, 1.54) is 16.8 Å². The Hall–Kier alpha value is -1.65. The number of hydrogen-bond acceptors (Lipinski definition) is 3. The van der Waals surface area contributed by atoms with Crippen molar-refractivity contribution in [3.05, 3.63) is 46.8 Å². The Morgan fingerprint density at radius 1 is 1.19 bits per heavy atom. The maximum absolute atomic E-state index is 5.02. The van der Waals surface area contributed by atoms with Crippen molar-refractivity contribution in [1.29, 1.82) is 0 Å². The molecule has 1 N–H and O–H groups in total. The number of hydrogen-bond donors (Lipinski definition) is 1. The fourth-order valence-corrected chi connectivity index (χ4v) is 2.60. The summed E-state index contributed by atoms with van der Waals surface area (Å²) >= 11 is 0. The van der Waals surface area contributed by atoms with Gasteiger partial charge in [-0.3, -0.25) is 0 Å². The second kappa shape index (κ2) is 7.38. The van der Waals surface area contributed by atoms with Crippen LogP contribution in [0.4, 0.5) is 0 Å². The summed E-state index contributed by atoms with van der Waals surface area (Å²) in [5, 5.41) is 8.00. The van der Waals surface area contributed by atoms with Crippen LogP contribution in [0.2, 0.25) is 0 Å². The van der Waals surface area contributed by atoms with Gasteiger partial charge in [0.25, 0.3) is 0 Å². The number of aromatic nitrogens is 2. The van der Waals surface area contributed by atoms with Crippen LogP contribution in [0, 0.1) is 13.8 Å². The summed E-state index contributed by atoms with van der Waals surface area (Å²) in [6.07, 6.45) is 1.03. The van der Waals surface area contributed by atoms with Crippen molar-refractivity contribution in [3.8, 4) is 5.69 Å². The van der Waals surface area contributed by atoms with Crippen molar-refractivity contribution in [3.63, 3.8) is 0 Å². The van der Waals surface area contributed by atoms with Gasteiger partial charge in [-0.15, -0.1) is 0 Å². The second-order valence-electron chi connectivity index (χ2n) is 5.25. The molecule has 0 aliphatic heterocycles. The molecule has 21 heavy (non-hydrogen) atoms. The first kappa shape index (κ1) is 15.7. The van der Waals surface area contributed by atoms with Crippen LogP contribution in [-0.4, -0.2) is 30.0 Å². The summed E-state index contributed by atoms with van der Waals surface area (Å²) in [6.45, 7) is 8.87. The number of ether oxygens (including phenoxy) is 1. The predicted octanol–water partition coefficient (Wildman–Crippen LogP) is 2.79. The van der Waals surface area contributed by atoms with Gasteiger partial charge in [-0.25, -0.2) is 4.68 Å². The number of methoxy groups -OCH3 is 1. The Bertz CT molecular complexity index is 572. The van der Waals surface area contributed by atoms with E-state index in [2.05, 4.69) is 55.5 Å². The molecular formula is C17H25N3O. The Morgan fingerprint density at radius 2 is 1.90 bits per heavy atom. The van der Waals surface area contributed by atoms with Crippen LogP contribution < -0.4 is 5.32 Å². The van der Waals surface area contributed by atoms with E-state index in [-0.39, 0.29) is 0 Å². The lowest BCUT2D eigenvalue weighted by atomic mass is 10.1. The highest BCUT2D eigenvalue weighted by atomic mass is 16.5. The summed E-state index contributed by atoms with van der Waals surface area (Å²) in [7, 11) is 1.72. The molecule has 0 fully saturated rings. The van der Waals surface area contributed by atoms with Crippen molar-refractivity contribution < 1.29 is 4.74 Å². The quantitative estimate of drug-likeness (QED) is 0.796. The first-order valence-electron chi connectivity index (χ1n) is 7.51. The molecule has 1 aromatic carbocycles. The van der Waals surface area contributed by atoms with E-state index in [4.69, 9.17) is 4.74 Å². The molecule has 2 rings (SSSR count). The van der Waals surface area contributed by atoms with Gasteiger partial charge in [-0.1, -0.05) is 19.1 Å². The van der Waals surface area contributed by atoms with E-state index >= 15 is 0 Å². The second-order valence-corrected chi connectivity index (χ2v) is 5.25. The largest absolute Gasteiger partial charge is 0.383 e.